The molecule has 0 bridgehead atoms. The summed E-state index contributed by atoms with van der Waals surface area (Å²) in [5.74, 6) is 1.73. The lowest BCUT2D eigenvalue weighted by Crippen LogP contribution is -2.41. The fourth-order valence-electron chi connectivity index (χ4n) is 3.84. The summed E-state index contributed by atoms with van der Waals surface area (Å²) in [6.07, 6.45) is 6.36. The van der Waals surface area contributed by atoms with Crippen molar-refractivity contribution in [1.82, 2.24) is 4.90 Å². The van der Waals surface area contributed by atoms with Gasteiger partial charge >= 0.3 is 0 Å². The molecule has 2 fully saturated rings. The van der Waals surface area contributed by atoms with E-state index in [0.717, 1.165) is 32.4 Å². The molecule has 1 aromatic rings. The van der Waals surface area contributed by atoms with Crippen molar-refractivity contribution in [2.45, 2.75) is 51.7 Å². The third kappa shape index (κ3) is 5.39. The Labute approximate surface area is 168 Å². The second-order valence-electron chi connectivity index (χ2n) is 7.51. The van der Waals surface area contributed by atoms with Crippen molar-refractivity contribution in [1.29, 1.82) is 0 Å². The first-order valence-corrected chi connectivity index (χ1v) is 10.6. The number of piperidine rings is 1. The largest absolute Gasteiger partial charge is 0.493 e. The third-order valence-electron chi connectivity index (χ3n) is 5.53. The minimum absolute atomic E-state index is 0.0412. The Balaban J connectivity index is 1.53. The first-order valence-electron chi connectivity index (χ1n) is 10.6. The molecule has 0 radical (unpaired) electrons. The van der Waals surface area contributed by atoms with Crippen molar-refractivity contribution in [2.24, 2.45) is 5.92 Å². The zero-order valence-corrected chi connectivity index (χ0v) is 17.2. The maximum absolute atomic E-state index is 12.9. The predicted molar refractivity (Wildman–Crippen MR) is 107 cm³/mol. The maximum atomic E-state index is 12.9. The van der Waals surface area contributed by atoms with Crippen LogP contribution in [0.15, 0.2) is 18.2 Å². The van der Waals surface area contributed by atoms with E-state index < -0.39 is 0 Å². The predicted octanol–water partition coefficient (Wildman–Crippen LogP) is 3.88. The van der Waals surface area contributed by atoms with Crippen LogP contribution in [0.4, 0.5) is 0 Å². The maximum Gasteiger partial charge on any atom is 0.253 e. The number of likely N-dealkylation sites (tertiary alicyclic amines) is 1. The molecule has 6 nitrogen and oxygen atoms in total. The highest BCUT2D eigenvalue weighted by atomic mass is 16.7. The van der Waals surface area contributed by atoms with E-state index >= 15 is 0 Å². The number of ether oxygens (including phenoxy) is 4. The van der Waals surface area contributed by atoms with E-state index in [-0.39, 0.29) is 12.2 Å². The van der Waals surface area contributed by atoms with Crippen molar-refractivity contribution >= 4 is 5.91 Å². The summed E-state index contributed by atoms with van der Waals surface area (Å²) < 4.78 is 22.5. The highest BCUT2D eigenvalue weighted by Crippen LogP contribution is 2.30. The van der Waals surface area contributed by atoms with Gasteiger partial charge in [-0.3, -0.25) is 4.79 Å². The number of methoxy groups -OCH3 is 1. The van der Waals surface area contributed by atoms with Crippen molar-refractivity contribution in [2.75, 3.05) is 40.0 Å². The molecule has 3 rings (SSSR count). The Morgan fingerprint density at radius 1 is 1.11 bits per heavy atom. The molecule has 28 heavy (non-hydrogen) atoms. The van der Waals surface area contributed by atoms with Crippen molar-refractivity contribution in [3.8, 4) is 11.5 Å². The molecule has 1 aromatic carbocycles. The SMILES string of the molecule is CCCCCCOc1ccc(C(=O)N2CCC(C3OCCO3)CC2)cc1OC. The molecule has 0 spiro atoms. The van der Waals surface area contributed by atoms with Gasteiger partial charge in [0.05, 0.1) is 26.9 Å². The minimum atomic E-state index is -0.0916. The molecular weight excluding hydrogens is 358 g/mol. The Bertz CT molecular complexity index is 621. The lowest BCUT2D eigenvalue weighted by atomic mass is 9.95. The van der Waals surface area contributed by atoms with Crippen LogP contribution in [0.1, 0.15) is 55.8 Å². The van der Waals surface area contributed by atoms with Gasteiger partial charge < -0.3 is 23.8 Å². The number of carbonyl (C=O) groups is 1. The van der Waals surface area contributed by atoms with E-state index in [2.05, 4.69) is 6.92 Å². The van der Waals surface area contributed by atoms with Crippen LogP contribution in [0, 0.1) is 5.92 Å². The number of nitrogens with zero attached hydrogens (tertiary/aromatic N) is 1. The van der Waals surface area contributed by atoms with Crippen LogP contribution >= 0.6 is 0 Å². The van der Waals surface area contributed by atoms with Gasteiger partial charge in [0, 0.05) is 24.6 Å². The van der Waals surface area contributed by atoms with Crippen molar-refractivity contribution in [3.63, 3.8) is 0 Å². The summed E-state index contributed by atoms with van der Waals surface area (Å²) in [6.45, 7) is 5.67. The number of rotatable bonds is 9. The number of carbonyl (C=O) groups excluding carboxylic acids is 1. The van der Waals surface area contributed by atoms with Crippen LogP contribution < -0.4 is 9.47 Å². The van der Waals surface area contributed by atoms with Gasteiger partial charge in [0.15, 0.2) is 17.8 Å². The Morgan fingerprint density at radius 2 is 1.86 bits per heavy atom. The summed E-state index contributed by atoms with van der Waals surface area (Å²) >= 11 is 0. The normalized spacial score (nSPS) is 18.4. The third-order valence-corrected chi connectivity index (χ3v) is 5.53. The average Bonchev–Trinajstić information content (AvgIpc) is 3.28. The summed E-state index contributed by atoms with van der Waals surface area (Å²) in [5.41, 5.74) is 0.641. The topological polar surface area (TPSA) is 57.2 Å². The number of hydrogen-bond acceptors (Lipinski definition) is 5. The van der Waals surface area contributed by atoms with Gasteiger partial charge in [-0.05, 0) is 37.5 Å². The molecule has 0 aromatic heterocycles. The number of hydrogen-bond donors (Lipinski definition) is 0. The van der Waals surface area contributed by atoms with E-state index in [1.54, 1.807) is 13.2 Å². The second kappa shape index (κ2) is 10.7. The zero-order valence-electron chi connectivity index (χ0n) is 17.2. The first kappa shape index (κ1) is 20.9. The van der Waals surface area contributed by atoms with E-state index in [0.29, 0.717) is 42.8 Å². The Hall–Kier alpha value is -1.79. The highest BCUT2D eigenvalue weighted by molar-refractivity contribution is 5.95. The van der Waals surface area contributed by atoms with Gasteiger partial charge in [0.2, 0.25) is 0 Å². The molecule has 156 valence electrons. The molecule has 6 heteroatoms. The molecule has 2 heterocycles. The molecule has 0 N–H and O–H groups in total. The highest BCUT2D eigenvalue weighted by Gasteiger charge is 2.32. The zero-order chi connectivity index (χ0) is 19.8. The fourth-order valence-corrected chi connectivity index (χ4v) is 3.84. The molecular formula is C22H33NO5. The van der Waals surface area contributed by atoms with Crippen molar-refractivity contribution < 1.29 is 23.7 Å². The van der Waals surface area contributed by atoms with Crippen LogP contribution in [0.5, 0.6) is 11.5 Å². The van der Waals surface area contributed by atoms with E-state index in [1.807, 2.05) is 17.0 Å². The lowest BCUT2D eigenvalue weighted by Gasteiger charge is -2.34. The smallest absolute Gasteiger partial charge is 0.253 e. The molecule has 2 aliphatic rings. The van der Waals surface area contributed by atoms with Gasteiger partial charge in [0.25, 0.3) is 5.91 Å². The molecule has 0 saturated carbocycles. The van der Waals surface area contributed by atoms with Crippen LogP contribution in [-0.2, 0) is 9.47 Å². The Morgan fingerprint density at radius 3 is 2.54 bits per heavy atom. The van der Waals surface area contributed by atoms with Gasteiger partial charge in [0.1, 0.15) is 0 Å². The Kier molecular flexibility index (Phi) is 7.98. The molecule has 2 aliphatic heterocycles. The number of amides is 1. The molecule has 0 atom stereocenters. The summed E-state index contributed by atoms with van der Waals surface area (Å²) in [5, 5.41) is 0. The van der Waals surface area contributed by atoms with Crippen molar-refractivity contribution in [3.05, 3.63) is 23.8 Å². The number of unbranched alkanes of at least 4 members (excludes halogenated alkanes) is 3. The molecule has 0 unspecified atom stereocenters. The van der Waals surface area contributed by atoms with E-state index in [4.69, 9.17) is 18.9 Å². The molecule has 0 aliphatic carbocycles. The standard InChI is InChI=1S/C22H33NO5/c1-3-4-5-6-13-26-19-8-7-18(16-20(19)25-2)21(24)23-11-9-17(10-12-23)22-27-14-15-28-22/h7-8,16-17,22H,3-6,9-15H2,1-2H3. The molecule has 2 saturated heterocycles. The lowest BCUT2D eigenvalue weighted by molar-refractivity contribution is -0.0956. The van der Waals surface area contributed by atoms with Gasteiger partial charge in [-0.25, -0.2) is 0 Å². The summed E-state index contributed by atoms with van der Waals surface area (Å²) in [7, 11) is 1.61. The van der Waals surface area contributed by atoms with Crippen LogP contribution in [0.25, 0.3) is 0 Å². The van der Waals surface area contributed by atoms with E-state index in [9.17, 15) is 4.79 Å². The van der Waals surface area contributed by atoms with Gasteiger partial charge in [-0.1, -0.05) is 26.2 Å². The van der Waals surface area contributed by atoms with Crippen LogP contribution in [0.3, 0.4) is 0 Å². The van der Waals surface area contributed by atoms with Gasteiger partial charge in [-0.2, -0.15) is 0 Å². The fraction of sp³-hybridized carbons (Fsp3) is 0.682. The summed E-state index contributed by atoms with van der Waals surface area (Å²) in [6, 6.07) is 5.47. The minimum Gasteiger partial charge on any atom is -0.493 e. The number of benzene rings is 1. The van der Waals surface area contributed by atoms with Crippen LogP contribution in [-0.4, -0.2) is 57.1 Å². The average molecular weight is 392 g/mol. The first-order chi connectivity index (χ1) is 13.7. The monoisotopic (exact) mass is 391 g/mol. The van der Waals surface area contributed by atoms with Crippen LogP contribution in [0.2, 0.25) is 0 Å². The van der Waals surface area contributed by atoms with E-state index in [1.165, 1.54) is 19.3 Å². The quantitative estimate of drug-likeness (QED) is 0.598. The summed E-state index contributed by atoms with van der Waals surface area (Å²) in [4.78, 5) is 14.8. The second-order valence-corrected chi connectivity index (χ2v) is 7.51. The molecule has 1 amide bonds. The van der Waals surface area contributed by atoms with Gasteiger partial charge in [-0.15, -0.1) is 0 Å².